The molecule has 2 N–H and O–H groups in total. The largest absolute Gasteiger partial charge is 0.369 e. The number of aromatic nitrogens is 3. The number of carbonyl (C=O) groups excluding carboxylic acids is 1. The zero-order valence-electron chi connectivity index (χ0n) is 17.1. The molecule has 0 bridgehead atoms. The molecule has 2 aromatic heterocycles. The zero-order valence-corrected chi connectivity index (χ0v) is 17.1. The highest BCUT2D eigenvalue weighted by molar-refractivity contribution is 5.94. The molecule has 0 spiro atoms. The summed E-state index contributed by atoms with van der Waals surface area (Å²) < 4.78 is 15.3. The number of likely N-dealkylation sites (N-methyl/N-ethyl adjacent to an activating group) is 1. The molecule has 0 aliphatic carbocycles. The number of piperazine rings is 1. The van der Waals surface area contributed by atoms with Gasteiger partial charge in [0.1, 0.15) is 5.82 Å². The second kappa shape index (κ2) is 8.27. The van der Waals surface area contributed by atoms with Crippen molar-refractivity contribution < 1.29 is 9.18 Å². The molecule has 30 heavy (non-hydrogen) atoms. The third-order valence-electron chi connectivity index (χ3n) is 5.64. The van der Waals surface area contributed by atoms with Gasteiger partial charge in [-0.15, -0.1) is 0 Å². The Labute approximate surface area is 173 Å². The van der Waals surface area contributed by atoms with Gasteiger partial charge in [0.2, 0.25) is 0 Å². The van der Waals surface area contributed by atoms with Crippen LogP contribution >= 0.6 is 0 Å². The maximum Gasteiger partial charge on any atom is 0.347 e. The molecule has 0 radical (unpaired) electrons. The fourth-order valence-electron chi connectivity index (χ4n) is 3.86. The van der Waals surface area contributed by atoms with E-state index >= 15 is 0 Å². The number of nitrogens with one attached hydrogen (secondary N) is 2. The molecule has 3 aromatic rings. The quantitative estimate of drug-likeness (QED) is 0.668. The summed E-state index contributed by atoms with van der Waals surface area (Å²) in [5.74, 6) is -0.683. The van der Waals surface area contributed by atoms with Crippen molar-refractivity contribution in [1.29, 1.82) is 0 Å². The van der Waals surface area contributed by atoms with Crippen molar-refractivity contribution in [3.05, 3.63) is 64.0 Å². The average molecular weight is 412 g/mol. The van der Waals surface area contributed by atoms with Gasteiger partial charge >= 0.3 is 5.69 Å². The van der Waals surface area contributed by atoms with Crippen molar-refractivity contribution in [1.82, 2.24) is 24.8 Å². The number of halogens is 1. The SMILES string of the molecule is CCN1CCN(c2ccc(F)cc2C(C)NC(=O)c2ccc3n[nH]c(=O)n3c2)CC1. The van der Waals surface area contributed by atoms with E-state index in [0.717, 1.165) is 44.0 Å². The van der Waals surface area contributed by atoms with Crippen molar-refractivity contribution in [2.45, 2.75) is 19.9 Å². The summed E-state index contributed by atoms with van der Waals surface area (Å²) in [5, 5.41) is 9.12. The van der Waals surface area contributed by atoms with E-state index in [1.807, 2.05) is 6.92 Å². The molecular formula is C21H25FN6O2. The Morgan fingerprint density at radius 2 is 2.00 bits per heavy atom. The lowest BCUT2D eigenvalue weighted by Gasteiger charge is -2.37. The lowest BCUT2D eigenvalue weighted by Crippen LogP contribution is -2.46. The molecule has 1 fully saturated rings. The molecule has 3 heterocycles. The van der Waals surface area contributed by atoms with Gasteiger partial charge in [-0.3, -0.25) is 4.79 Å². The first-order valence-electron chi connectivity index (χ1n) is 10.1. The van der Waals surface area contributed by atoms with E-state index in [1.165, 1.54) is 22.7 Å². The molecule has 1 amide bonds. The van der Waals surface area contributed by atoms with Crippen molar-refractivity contribution in [2.75, 3.05) is 37.6 Å². The van der Waals surface area contributed by atoms with Crippen LogP contribution in [-0.2, 0) is 0 Å². The van der Waals surface area contributed by atoms with Crippen LogP contribution in [0.25, 0.3) is 5.65 Å². The van der Waals surface area contributed by atoms with Crippen molar-refractivity contribution >= 4 is 17.2 Å². The Bertz CT molecular complexity index is 1120. The van der Waals surface area contributed by atoms with Crippen LogP contribution in [0.1, 0.15) is 35.8 Å². The molecule has 9 heteroatoms. The normalized spacial score (nSPS) is 16.0. The average Bonchev–Trinajstić information content (AvgIpc) is 3.14. The van der Waals surface area contributed by atoms with Crippen LogP contribution in [0.15, 0.2) is 41.3 Å². The number of aromatic amines is 1. The number of hydrogen-bond donors (Lipinski definition) is 2. The van der Waals surface area contributed by atoms with E-state index in [4.69, 9.17) is 0 Å². The number of fused-ring (bicyclic) bond motifs is 1. The number of carbonyl (C=O) groups is 1. The maximum absolute atomic E-state index is 14.0. The fourth-order valence-corrected chi connectivity index (χ4v) is 3.86. The van der Waals surface area contributed by atoms with Crippen molar-refractivity contribution in [2.24, 2.45) is 0 Å². The summed E-state index contributed by atoms with van der Waals surface area (Å²) >= 11 is 0. The number of anilines is 1. The first-order chi connectivity index (χ1) is 14.5. The molecule has 1 unspecified atom stereocenters. The van der Waals surface area contributed by atoms with E-state index in [2.05, 4.69) is 32.2 Å². The third kappa shape index (κ3) is 3.93. The molecule has 0 saturated carbocycles. The highest BCUT2D eigenvalue weighted by Crippen LogP contribution is 2.28. The Morgan fingerprint density at radius 1 is 1.23 bits per heavy atom. The molecule has 4 rings (SSSR count). The minimum absolute atomic E-state index is 0.326. The third-order valence-corrected chi connectivity index (χ3v) is 5.64. The maximum atomic E-state index is 14.0. The molecule has 1 aromatic carbocycles. The van der Waals surface area contributed by atoms with Crippen LogP contribution in [0.4, 0.5) is 10.1 Å². The van der Waals surface area contributed by atoms with E-state index in [0.29, 0.717) is 11.2 Å². The van der Waals surface area contributed by atoms with Crippen LogP contribution in [0.3, 0.4) is 0 Å². The number of benzene rings is 1. The van der Waals surface area contributed by atoms with E-state index in [9.17, 15) is 14.0 Å². The second-order valence-corrected chi connectivity index (χ2v) is 7.49. The molecule has 1 atom stereocenters. The van der Waals surface area contributed by atoms with Gasteiger partial charge in [-0.05, 0) is 43.8 Å². The molecule has 1 saturated heterocycles. The number of H-pyrrole nitrogens is 1. The van der Waals surface area contributed by atoms with Gasteiger partial charge in [0.15, 0.2) is 5.65 Å². The summed E-state index contributed by atoms with van der Waals surface area (Å²) in [6.07, 6.45) is 1.44. The first kappa shape index (κ1) is 20.1. The van der Waals surface area contributed by atoms with Crippen molar-refractivity contribution in [3.63, 3.8) is 0 Å². The van der Waals surface area contributed by atoms with Crippen LogP contribution in [0.5, 0.6) is 0 Å². The predicted molar refractivity (Wildman–Crippen MR) is 112 cm³/mol. The molecule has 1 aliphatic heterocycles. The monoisotopic (exact) mass is 412 g/mol. The van der Waals surface area contributed by atoms with Crippen molar-refractivity contribution in [3.8, 4) is 0 Å². The summed E-state index contributed by atoms with van der Waals surface area (Å²) in [4.78, 5) is 29.2. The number of nitrogens with zero attached hydrogens (tertiary/aromatic N) is 4. The van der Waals surface area contributed by atoms with Crippen LogP contribution in [0, 0.1) is 5.82 Å². The highest BCUT2D eigenvalue weighted by Gasteiger charge is 2.22. The Balaban J connectivity index is 1.55. The summed E-state index contributed by atoms with van der Waals surface area (Å²) in [5.41, 5.74) is 2.01. The van der Waals surface area contributed by atoms with Crippen LogP contribution in [0.2, 0.25) is 0 Å². The predicted octanol–water partition coefficient (Wildman–Crippen LogP) is 1.79. The van der Waals surface area contributed by atoms with E-state index in [-0.39, 0.29) is 11.7 Å². The minimum Gasteiger partial charge on any atom is -0.369 e. The Hall–Kier alpha value is -3.20. The van der Waals surface area contributed by atoms with Gasteiger partial charge in [-0.25, -0.2) is 18.7 Å². The summed E-state index contributed by atoms with van der Waals surface area (Å²) in [6, 6.07) is 7.51. The molecule has 1 aliphatic rings. The van der Waals surface area contributed by atoms with E-state index < -0.39 is 11.7 Å². The van der Waals surface area contributed by atoms with Gasteiger partial charge in [-0.1, -0.05) is 6.92 Å². The number of hydrogen-bond acceptors (Lipinski definition) is 5. The van der Waals surface area contributed by atoms with Gasteiger partial charge < -0.3 is 15.1 Å². The standard InChI is InChI=1S/C21H25FN6O2/c1-3-26-8-10-27(11-9-26)18-6-5-16(22)12-17(18)14(2)23-20(29)15-4-7-19-24-25-21(30)28(19)13-15/h4-7,12-14H,3,8-11H2,1-2H3,(H,23,29)(H,25,30). The highest BCUT2D eigenvalue weighted by atomic mass is 19.1. The van der Waals surface area contributed by atoms with Gasteiger partial charge in [0.25, 0.3) is 5.91 Å². The van der Waals surface area contributed by atoms with Gasteiger partial charge in [0.05, 0.1) is 11.6 Å². The second-order valence-electron chi connectivity index (χ2n) is 7.49. The Kier molecular flexibility index (Phi) is 5.54. The summed E-state index contributed by atoms with van der Waals surface area (Å²) in [7, 11) is 0. The molecular weight excluding hydrogens is 387 g/mol. The summed E-state index contributed by atoms with van der Waals surface area (Å²) in [6.45, 7) is 8.61. The number of pyridine rings is 1. The lowest BCUT2D eigenvalue weighted by atomic mass is 10.0. The Morgan fingerprint density at radius 3 is 2.73 bits per heavy atom. The van der Waals surface area contributed by atoms with E-state index in [1.54, 1.807) is 18.2 Å². The molecule has 158 valence electrons. The minimum atomic E-state index is -0.413. The topological polar surface area (TPSA) is 85.7 Å². The zero-order chi connectivity index (χ0) is 21.3. The van der Waals surface area contributed by atoms with Crippen LogP contribution in [-0.4, -0.2) is 58.1 Å². The first-order valence-corrected chi connectivity index (χ1v) is 10.1. The lowest BCUT2D eigenvalue weighted by molar-refractivity contribution is 0.0939. The van der Waals surface area contributed by atoms with Gasteiger partial charge in [0, 0.05) is 43.6 Å². The van der Waals surface area contributed by atoms with Crippen LogP contribution < -0.4 is 15.9 Å². The number of amides is 1. The number of rotatable bonds is 5. The fraction of sp³-hybridized carbons (Fsp3) is 0.381. The molecule has 8 nitrogen and oxygen atoms in total. The van der Waals surface area contributed by atoms with Gasteiger partial charge in [-0.2, -0.15) is 5.10 Å². The smallest absolute Gasteiger partial charge is 0.347 e.